The van der Waals surface area contributed by atoms with Gasteiger partial charge in [0, 0.05) is 10.0 Å². The maximum absolute atomic E-state index is 4.90. The number of nitrogens with one attached hydrogen (secondary N) is 2. The van der Waals surface area contributed by atoms with Gasteiger partial charge in [-0.3, -0.25) is 10.2 Å². The van der Waals surface area contributed by atoms with Crippen molar-refractivity contribution in [2.24, 2.45) is 0 Å². The van der Waals surface area contributed by atoms with Gasteiger partial charge in [-0.05, 0) is 30.8 Å². The zero-order valence-electron chi connectivity index (χ0n) is 7.47. The molecule has 0 radical (unpaired) electrons. The molecule has 2 rings (SSSR count). The van der Waals surface area contributed by atoms with Gasteiger partial charge in [-0.1, -0.05) is 28.1 Å². The molecule has 2 N–H and O–H groups in total. The minimum absolute atomic E-state index is 0.472. The molecule has 5 heteroatoms. The van der Waals surface area contributed by atoms with Crippen LogP contribution < -0.4 is 0 Å². The Hall–Kier alpha value is -0.940. The fraction of sp³-hybridized carbons (Fsp3) is 0.111. The number of aromatic amines is 2. The molecule has 1 aromatic heterocycles. The van der Waals surface area contributed by atoms with Crippen molar-refractivity contribution in [2.45, 2.75) is 6.92 Å². The fourth-order valence-electron chi connectivity index (χ4n) is 1.26. The molecule has 0 saturated carbocycles. The summed E-state index contributed by atoms with van der Waals surface area (Å²) >= 11 is 8.37. The van der Waals surface area contributed by atoms with Crippen LogP contribution in [-0.2, 0) is 0 Å². The summed E-state index contributed by atoms with van der Waals surface area (Å²) in [7, 11) is 0. The van der Waals surface area contributed by atoms with Gasteiger partial charge < -0.3 is 0 Å². The summed E-state index contributed by atoms with van der Waals surface area (Å²) < 4.78 is 1.54. The molecule has 72 valence electrons. The van der Waals surface area contributed by atoms with Crippen LogP contribution in [0, 0.1) is 11.7 Å². The lowest BCUT2D eigenvalue weighted by Crippen LogP contribution is -1.86. The van der Waals surface area contributed by atoms with Crippen LogP contribution in [0.1, 0.15) is 5.56 Å². The molecule has 1 aromatic carbocycles. The van der Waals surface area contributed by atoms with Gasteiger partial charge in [-0.25, -0.2) is 0 Å². The van der Waals surface area contributed by atoms with Gasteiger partial charge in [0.1, 0.15) is 0 Å². The van der Waals surface area contributed by atoms with E-state index in [1.54, 1.807) is 0 Å². The summed E-state index contributed by atoms with van der Waals surface area (Å²) in [6.45, 7) is 2.03. The van der Waals surface area contributed by atoms with E-state index in [9.17, 15) is 0 Å². The van der Waals surface area contributed by atoms with Gasteiger partial charge >= 0.3 is 0 Å². The van der Waals surface area contributed by atoms with Crippen molar-refractivity contribution < 1.29 is 0 Å². The van der Waals surface area contributed by atoms with Crippen molar-refractivity contribution in [3.05, 3.63) is 33.0 Å². The van der Waals surface area contributed by atoms with Crippen molar-refractivity contribution >= 4 is 28.1 Å². The van der Waals surface area contributed by atoms with Crippen LogP contribution >= 0.6 is 28.1 Å². The van der Waals surface area contributed by atoms with Gasteiger partial charge in [0.2, 0.25) is 4.77 Å². The molecule has 0 spiro atoms. The molecule has 0 saturated heterocycles. The van der Waals surface area contributed by atoms with Crippen LogP contribution in [0.3, 0.4) is 0 Å². The van der Waals surface area contributed by atoms with E-state index in [-0.39, 0.29) is 0 Å². The number of halogens is 1. The second-order valence-corrected chi connectivity index (χ2v) is 4.17. The number of benzene rings is 1. The van der Waals surface area contributed by atoms with Crippen LogP contribution in [0.4, 0.5) is 0 Å². The highest BCUT2D eigenvalue weighted by Gasteiger charge is 2.06. The number of hydrogen-bond acceptors (Lipinski definition) is 2. The van der Waals surface area contributed by atoms with E-state index in [1.807, 2.05) is 25.1 Å². The first-order valence-corrected chi connectivity index (χ1v) is 5.29. The first-order valence-electron chi connectivity index (χ1n) is 4.08. The molecule has 0 aliphatic carbocycles. The molecule has 0 atom stereocenters. The lowest BCUT2D eigenvalue weighted by atomic mass is 10.1. The van der Waals surface area contributed by atoms with Gasteiger partial charge in [-0.2, -0.15) is 4.98 Å². The van der Waals surface area contributed by atoms with Crippen LogP contribution in [0.5, 0.6) is 0 Å². The number of H-pyrrole nitrogens is 2. The highest BCUT2D eigenvalue weighted by molar-refractivity contribution is 9.10. The SMILES string of the molecule is Cc1c(Br)cccc1-c1nc(=S)[nH][nH]1. The smallest absolute Gasteiger partial charge is 0.213 e. The molecular formula is C9H8BrN3S. The molecule has 0 bridgehead atoms. The minimum atomic E-state index is 0.472. The third-order valence-electron chi connectivity index (χ3n) is 2.02. The summed E-state index contributed by atoms with van der Waals surface area (Å²) in [6.07, 6.45) is 0. The predicted molar refractivity (Wildman–Crippen MR) is 61.6 cm³/mol. The van der Waals surface area contributed by atoms with E-state index in [2.05, 4.69) is 31.1 Å². The predicted octanol–water partition coefficient (Wildman–Crippen LogP) is 3.21. The summed E-state index contributed by atoms with van der Waals surface area (Å²) in [6, 6.07) is 5.97. The molecule has 0 fully saturated rings. The third-order valence-corrected chi connectivity index (χ3v) is 3.08. The van der Waals surface area contributed by atoms with Crippen LogP contribution in [-0.4, -0.2) is 15.2 Å². The average Bonchev–Trinajstić information content (AvgIpc) is 2.57. The van der Waals surface area contributed by atoms with Crippen molar-refractivity contribution in [2.75, 3.05) is 0 Å². The normalized spacial score (nSPS) is 10.4. The molecule has 2 aromatic rings. The first-order chi connectivity index (χ1) is 6.68. The Bertz CT molecular complexity index is 515. The molecule has 0 aliphatic rings. The number of hydrogen-bond donors (Lipinski definition) is 2. The Morgan fingerprint density at radius 2 is 2.14 bits per heavy atom. The Balaban J connectivity index is 2.62. The van der Waals surface area contributed by atoms with Crippen LogP contribution in [0.15, 0.2) is 22.7 Å². The van der Waals surface area contributed by atoms with E-state index in [4.69, 9.17) is 12.2 Å². The molecular weight excluding hydrogens is 262 g/mol. The average molecular weight is 270 g/mol. The summed E-state index contributed by atoms with van der Waals surface area (Å²) in [5.74, 6) is 0.772. The topological polar surface area (TPSA) is 44.5 Å². The van der Waals surface area contributed by atoms with Gasteiger partial charge in [0.15, 0.2) is 5.82 Å². The molecule has 0 aliphatic heterocycles. The first kappa shape index (κ1) is 9.61. The summed E-state index contributed by atoms with van der Waals surface area (Å²) in [4.78, 5) is 4.17. The maximum Gasteiger partial charge on any atom is 0.213 e. The lowest BCUT2D eigenvalue weighted by molar-refractivity contribution is 1.08. The maximum atomic E-state index is 4.90. The van der Waals surface area contributed by atoms with E-state index in [1.165, 1.54) is 0 Å². The van der Waals surface area contributed by atoms with Gasteiger partial charge in [0.05, 0.1) is 0 Å². The fourth-order valence-corrected chi connectivity index (χ4v) is 1.77. The molecule has 1 heterocycles. The number of nitrogens with zero attached hydrogens (tertiary/aromatic N) is 1. The Kier molecular flexibility index (Phi) is 2.52. The molecule has 3 nitrogen and oxygen atoms in total. The van der Waals surface area contributed by atoms with Crippen molar-refractivity contribution in [3.63, 3.8) is 0 Å². The van der Waals surface area contributed by atoms with E-state index < -0.39 is 0 Å². The number of aromatic nitrogens is 3. The Labute approximate surface area is 94.7 Å². The van der Waals surface area contributed by atoms with E-state index in [0.717, 1.165) is 21.4 Å². The molecule has 0 amide bonds. The lowest BCUT2D eigenvalue weighted by Gasteiger charge is -2.03. The quantitative estimate of drug-likeness (QED) is 0.781. The summed E-state index contributed by atoms with van der Waals surface area (Å²) in [5.41, 5.74) is 2.19. The highest BCUT2D eigenvalue weighted by atomic mass is 79.9. The zero-order valence-corrected chi connectivity index (χ0v) is 9.87. The van der Waals surface area contributed by atoms with E-state index >= 15 is 0 Å². The van der Waals surface area contributed by atoms with Crippen molar-refractivity contribution in [1.29, 1.82) is 0 Å². The van der Waals surface area contributed by atoms with Gasteiger partial charge in [0.25, 0.3) is 0 Å². The Morgan fingerprint density at radius 1 is 1.36 bits per heavy atom. The van der Waals surface area contributed by atoms with Crippen molar-refractivity contribution in [3.8, 4) is 11.4 Å². The van der Waals surface area contributed by atoms with Crippen LogP contribution in [0.25, 0.3) is 11.4 Å². The second-order valence-electron chi connectivity index (χ2n) is 2.93. The molecule has 0 unspecified atom stereocenters. The van der Waals surface area contributed by atoms with Crippen molar-refractivity contribution in [1.82, 2.24) is 15.2 Å². The molecule has 14 heavy (non-hydrogen) atoms. The third kappa shape index (κ3) is 1.65. The second kappa shape index (κ2) is 3.67. The van der Waals surface area contributed by atoms with Gasteiger partial charge in [-0.15, -0.1) is 0 Å². The number of rotatable bonds is 1. The van der Waals surface area contributed by atoms with E-state index in [0.29, 0.717) is 4.77 Å². The highest BCUT2D eigenvalue weighted by Crippen LogP contribution is 2.25. The summed E-state index contributed by atoms with van der Waals surface area (Å²) in [5, 5.41) is 5.71. The zero-order chi connectivity index (χ0) is 10.1. The largest absolute Gasteiger partial charge is 0.282 e. The Morgan fingerprint density at radius 3 is 2.79 bits per heavy atom. The standard InChI is InChI=1S/C9H8BrN3S/c1-5-6(3-2-4-7(5)10)8-11-9(14)13-12-8/h2-4H,1H3,(H2,11,12,13,14). The van der Waals surface area contributed by atoms with Crippen LogP contribution in [0.2, 0.25) is 0 Å². The monoisotopic (exact) mass is 269 g/mol. The minimum Gasteiger partial charge on any atom is -0.282 e.